The maximum absolute atomic E-state index is 13.8. The fourth-order valence-corrected chi connectivity index (χ4v) is 2.20. The van der Waals surface area contributed by atoms with Gasteiger partial charge in [0.25, 0.3) is 0 Å². The van der Waals surface area contributed by atoms with Gasteiger partial charge < -0.3 is 10.0 Å². The molecule has 0 aliphatic carbocycles. The molecular weight excluding hydrogens is 286 g/mol. The SMILES string of the molecule is [N-]=[N+]=NCC1CC(=O)N(c2cc(C(=O)O)c(F)cc2F)C1. The second-order valence-corrected chi connectivity index (χ2v) is 4.58. The molecule has 1 amide bonds. The second-order valence-electron chi connectivity index (χ2n) is 4.58. The largest absolute Gasteiger partial charge is 0.478 e. The van der Waals surface area contributed by atoms with E-state index in [9.17, 15) is 18.4 Å². The van der Waals surface area contributed by atoms with Gasteiger partial charge in [-0.15, -0.1) is 0 Å². The summed E-state index contributed by atoms with van der Waals surface area (Å²) in [5, 5.41) is 12.2. The number of carboxylic acid groups (broad SMARTS) is 1. The van der Waals surface area contributed by atoms with E-state index < -0.39 is 29.1 Å². The molecule has 2 rings (SSSR count). The van der Waals surface area contributed by atoms with Crippen molar-refractivity contribution < 1.29 is 23.5 Å². The number of rotatable bonds is 4. The summed E-state index contributed by atoms with van der Waals surface area (Å²) in [6.07, 6.45) is 0.0538. The minimum absolute atomic E-state index is 0.0538. The summed E-state index contributed by atoms with van der Waals surface area (Å²) in [7, 11) is 0. The van der Waals surface area contributed by atoms with E-state index in [0.717, 1.165) is 11.0 Å². The first kappa shape index (κ1) is 14.7. The first-order valence-electron chi connectivity index (χ1n) is 5.97. The van der Waals surface area contributed by atoms with Crippen LogP contribution in [0.1, 0.15) is 16.8 Å². The zero-order valence-electron chi connectivity index (χ0n) is 10.7. The van der Waals surface area contributed by atoms with Crippen molar-refractivity contribution in [1.82, 2.24) is 0 Å². The number of aromatic carboxylic acids is 1. The van der Waals surface area contributed by atoms with Gasteiger partial charge in [-0.25, -0.2) is 13.6 Å². The van der Waals surface area contributed by atoms with E-state index in [1.54, 1.807) is 0 Å². The van der Waals surface area contributed by atoms with Crippen LogP contribution in [0.15, 0.2) is 17.2 Å². The Morgan fingerprint density at radius 1 is 1.48 bits per heavy atom. The summed E-state index contributed by atoms with van der Waals surface area (Å²) in [5.74, 6) is -4.50. The second kappa shape index (κ2) is 5.76. The van der Waals surface area contributed by atoms with Crippen molar-refractivity contribution in [2.45, 2.75) is 6.42 Å². The van der Waals surface area contributed by atoms with Crippen molar-refractivity contribution in [2.24, 2.45) is 11.0 Å². The summed E-state index contributed by atoms with van der Waals surface area (Å²) in [6.45, 7) is 0.160. The van der Waals surface area contributed by atoms with E-state index in [0.29, 0.717) is 6.07 Å². The number of azide groups is 1. The fourth-order valence-electron chi connectivity index (χ4n) is 2.20. The van der Waals surface area contributed by atoms with Crippen molar-refractivity contribution in [2.75, 3.05) is 18.0 Å². The van der Waals surface area contributed by atoms with Crippen LogP contribution in [-0.2, 0) is 4.79 Å². The highest BCUT2D eigenvalue weighted by Gasteiger charge is 2.32. The Morgan fingerprint density at radius 3 is 2.81 bits per heavy atom. The average Bonchev–Trinajstić information content (AvgIpc) is 2.77. The Bertz CT molecular complexity index is 658. The molecule has 1 atom stereocenters. The van der Waals surface area contributed by atoms with E-state index in [1.807, 2.05) is 0 Å². The van der Waals surface area contributed by atoms with Crippen LogP contribution in [-0.4, -0.2) is 30.1 Å². The summed E-state index contributed by atoms with van der Waals surface area (Å²) in [6, 6.07) is 1.23. The third-order valence-electron chi connectivity index (χ3n) is 3.17. The maximum Gasteiger partial charge on any atom is 0.338 e. The molecule has 1 unspecified atom stereocenters. The van der Waals surface area contributed by atoms with Gasteiger partial charge in [-0.2, -0.15) is 0 Å². The molecular formula is C12H10F2N4O3. The Balaban J connectivity index is 2.33. The van der Waals surface area contributed by atoms with Crippen molar-refractivity contribution >= 4 is 17.6 Å². The van der Waals surface area contributed by atoms with Crippen molar-refractivity contribution in [3.63, 3.8) is 0 Å². The Labute approximate surface area is 117 Å². The lowest BCUT2D eigenvalue weighted by Gasteiger charge is -2.18. The zero-order chi connectivity index (χ0) is 15.6. The quantitative estimate of drug-likeness (QED) is 0.523. The van der Waals surface area contributed by atoms with Gasteiger partial charge in [0, 0.05) is 30.5 Å². The van der Waals surface area contributed by atoms with Crippen LogP contribution in [0.3, 0.4) is 0 Å². The molecule has 1 aliphatic rings. The minimum atomic E-state index is -1.55. The number of benzene rings is 1. The number of carboxylic acids is 1. The number of carbonyl (C=O) groups is 2. The lowest BCUT2D eigenvalue weighted by atomic mass is 10.1. The van der Waals surface area contributed by atoms with Gasteiger partial charge >= 0.3 is 5.97 Å². The first-order valence-corrected chi connectivity index (χ1v) is 5.97. The highest BCUT2D eigenvalue weighted by atomic mass is 19.1. The maximum atomic E-state index is 13.8. The van der Waals surface area contributed by atoms with Crippen molar-refractivity contribution in [1.29, 1.82) is 0 Å². The molecule has 0 radical (unpaired) electrons. The standard InChI is InChI=1S/C12H10F2N4O3/c13-8-3-9(14)10(2-7(8)12(20)21)18-5-6(1-11(18)19)4-16-17-15/h2-3,6H,1,4-5H2,(H,20,21). The number of anilines is 1. The van der Waals surface area contributed by atoms with E-state index in [4.69, 9.17) is 10.6 Å². The van der Waals surface area contributed by atoms with E-state index >= 15 is 0 Å². The highest BCUT2D eigenvalue weighted by molar-refractivity contribution is 5.97. The van der Waals surface area contributed by atoms with Crippen LogP contribution in [0.25, 0.3) is 10.4 Å². The molecule has 1 heterocycles. The van der Waals surface area contributed by atoms with Crippen molar-refractivity contribution in [3.05, 3.63) is 39.8 Å². The number of carbonyl (C=O) groups excluding carboxylic acids is 1. The van der Waals surface area contributed by atoms with Crippen LogP contribution < -0.4 is 4.90 Å². The van der Waals surface area contributed by atoms with E-state index in [1.165, 1.54) is 0 Å². The van der Waals surface area contributed by atoms with Gasteiger partial charge in [0.05, 0.1) is 11.3 Å². The number of amides is 1. The van der Waals surface area contributed by atoms with Crippen LogP contribution in [0, 0.1) is 17.6 Å². The summed E-state index contributed by atoms with van der Waals surface area (Å²) in [4.78, 5) is 26.3. The smallest absolute Gasteiger partial charge is 0.338 e. The molecule has 0 aromatic heterocycles. The lowest BCUT2D eigenvalue weighted by molar-refractivity contribution is -0.117. The highest BCUT2D eigenvalue weighted by Crippen LogP contribution is 2.29. The monoisotopic (exact) mass is 296 g/mol. The molecule has 0 bridgehead atoms. The summed E-state index contributed by atoms with van der Waals surface area (Å²) in [5.41, 5.74) is 7.24. The van der Waals surface area contributed by atoms with Gasteiger partial charge in [-0.3, -0.25) is 4.79 Å². The molecule has 1 fully saturated rings. The predicted octanol–water partition coefficient (Wildman–Crippen LogP) is 2.33. The third kappa shape index (κ3) is 2.92. The Kier molecular flexibility index (Phi) is 4.04. The molecule has 0 spiro atoms. The molecule has 1 aromatic carbocycles. The summed E-state index contributed by atoms with van der Waals surface area (Å²) >= 11 is 0. The average molecular weight is 296 g/mol. The zero-order valence-corrected chi connectivity index (χ0v) is 10.7. The number of hydrogen-bond donors (Lipinski definition) is 1. The van der Waals surface area contributed by atoms with Gasteiger partial charge in [0.15, 0.2) is 0 Å². The molecule has 1 N–H and O–H groups in total. The lowest BCUT2D eigenvalue weighted by Crippen LogP contribution is -2.26. The van der Waals surface area contributed by atoms with Crippen LogP contribution in [0.2, 0.25) is 0 Å². The Morgan fingerprint density at radius 2 is 2.19 bits per heavy atom. The minimum Gasteiger partial charge on any atom is -0.478 e. The van der Waals surface area contributed by atoms with Crippen molar-refractivity contribution in [3.8, 4) is 0 Å². The number of nitrogens with zero attached hydrogens (tertiary/aromatic N) is 4. The van der Waals surface area contributed by atoms with Gasteiger partial charge in [0.1, 0.15) is 11.6 Å². The van der Waals surface area contributed by atoms with E-state index in [2.05, 4.69) is 10.0 Å². The topological polar surface area (TPSA) is 106 Å². The van der Waals surface area contributed by atoms with Crippen LogP contribution in [0.4, 0.5) is 14.5 Å². The molecule has 0 saturated carbocycles. The normalized spacial score (nSPS) is 17.7. The molecule has 1 aromatic rings. The van der Waals surface area contributed by atoms with Gasteiger partial charge in [0.2, 0.25) is 5.91 Å². The number of hydrogen-bond acceptors (Lipinski definition) is 3. The molecule has 7 nitrogen and oxygen atoms in total. The molecule has 9 heteroatoms. The van der Waals surface area contributed by atoms with Gasteiger partial charge in [-0.1, -0.05) is 5.11 Å². The molecule has 21 heavy (non-hydrogen) atoms. The van der Waals surface area contributed by atoms with Crippen LogP contribution >= 0.6 is 0 Å². The Hall–Kier alpha value is -2.67. The third-order valence-corrected chi connectivity index (χ3v) is 3.17. The van der Waals surface area contributed by atoms with Crippen LogP contribution in [0.5, 0.6) is 0 Å². The molecule has 110 valence electrons. The summed E-state index contributed by atoms with van der Waals surface area (Å²) < 4.78 is 27.1. The van der Waals surface area contributed by atoms with Gasteiger partial charge in [-0.05, 0) is 17.5 Å². The van der Waals surface area contributed by atoms with E-state index in [-0.39, 0.29) is 31.1 Å². The molecule has 1 saturated heterocycles. The predicted molar refractivity (Wildman–Crippen MR) is 67.8 cm³/mol. The molecule has 1 aliphatic heterocycles. The first-order chi connectivity index (χ1) is 9.93. The fraction of sp³-hybridized carbons (Fsp3) is 0.333. The number of halogens is 2.